The summed E-state index contributed by atoms with van der Waals surface area (Å²) in [6.07, 6.45) is 0.0443. The van der Waals surface area contributed by atoms with Gasteiger partial charge in [0.15, 0.2) is 0 Å². The zero-order valence-corrected chi connectivity index (χ0v) is 14.4. The fourth-order valence-electron chi connectivity index (χ4n) is 3.19. The van der Waals surface area contributed by atoms with Gasteiger partial charge in [0.05, 0.1) is 11.1 Å². The molecule has 0 radical (unpaired) electrons. The van der Waals surface area contributed by atoms with Crippen LogP contribution in [0.15, 0.2) is 91.1 Å². The number of aromatic nitrogens is 1. The summed E-state index contributed by atoms with van der Waals surface area (Å²) in [4.78, 5) is 0. The average Bonchev–Trinajstić information content (AvgIpc) is 3.02. The number of hydrogen-bond acceptors (Lipinski definition) is 0. The molecule has 0 saturated carbocycles. The van der Waals surface area contributed by atoms with E-state index in [1.807, 2.05) is 53.1 Å². The molecule has 1 heterocycles. The van der Waals surface area contributed by atoms with Crippen LogP contribution < -0.4 is 0 Å². The molecule has 0 fully saturated rings. The van der Waals surface area contributed by atoms with Crippen LogP contribution in [0.3, 0.4) is 0 Å². The molecule has 128 valence electrons. The maximum Gasteiger partial charge on any atom is 0.278 e. The smallest absolute Gasteiger partial charge is 0.278 e. The third kappa shape index (κ3) is 2.91. The van der Waals surface area contributed by atoms with Crippen molar-refractivity contribution in [3.63, 3.8) is 0 Å². The molecule has 4 aromatic rings. The Hall–Kier alpha value is -2.91. The first-order chi connectivity index (χ1) is 12.6. The Kier molecular flexibility index (Phi) is 4.31. The molecule has 0 bridgehead atoms. The van der Waals surface area contributed by atoms with Crippen molar-refractivity contribution in [2.45, 2.75) is 0 Å². The lowest BCUT2D eigenvalue weighted by Gasteiger charge is -2.06. The molecule has 4 rings (SSSR count). The van der Waals surface area contributed by atoms with E-state index in [9.17, 15) is 8.78 Å². The highest BCUT2D eigenvalue weighted by molar-refractivity contribution is 6.30. The Morgan fingerprint density at radius 2 is 1.54 bits per heavy atom. The highest BCUT2D eigenvalue weighted by Crippen LogP contribution is 2.36. The number of halogens is 3. The molecule has 0 N–H and O–H groups in total. The Bertz CT molecular complexity index is 1110. The number of nitrogens with zero attached hydrogens (tertiary/aromatic N) is 1. The molecule has 0 spiro atoms. The summed E-state index contributed by atoms with van der Waals surface area (Å²) in [7, 11) is 0. The van der Waals surface area contributed by atoms with Gasteiger partial charge in [0.1, 0.15) is 0 Å². The SMILES string of the molecule is FC(F)=C(c1ccccc1)c1cn(-c2cccc(Cl)c2)c2ccccc12. The topological polar surface area (TPSA) is 4.93 Å². The molecule has 0 saturated heterocycles. The number of hydrogen-bond donors (Lipinski definition) is 0. The molecule has 4 heteroatoms. The summed E-state index contributed by atoms with van der Waals surface area (Å²) >= 11 is 6.12. The van der Waals surface area contributed by atoms with Gasteiger partial charge < -0.3 is 4.57 Å². The van der Waals surface area contributed by atoms with E-state index in [0.717, 1.165) is 16.6 Å². The summed E-state index contributed by atoms with van der Waals surface area (Å²) in [6, 6.07) is 23.6. The van der Waals surface area contributed by atoms with Gasteiger partial charge in [-0.25, -0.2) is 0 Å². The monoisotopic (exact) mass is 365 g/mol. The van der Waals surface area contributed by atoms with Crippen LogP contribution in [0.25, 0.3) is 22.2 Å². The van der Waals surface area contributed by atoms with Crippen molar-refractivity contribution >= 4 is 28.1 Å². The second-order valence-corrected chi connectivity index (χ2v) is 6.35. The van der Waals surface area contributed by atoms with E-state index in [1.165, 1.54) is 0 Å². The van der Waals surface area contributed by atoms with E-state index >= 15 is 0 Å². The molecular formula is C22H14ClF2N. The van der Waals surface area contributed by atoms with Crippen molar-refractivity contribution in [3.8, 4) is 5.69 Å². The molecule has 1 aromatic heterocycles. The van der Waals surface area contributed by atoms with Gasteiger partial charge in [0.25, 0.3) is 6.08 Å². The summed E-state index contributed by atoms with van der Waals surface area (Å²) in [5, 5.41) is 1.36. The molecule has 0 aliphatic heterocycles. The second-order valence-electron chi connectivity index (χ2n) is 5.91. The fraction of sp³-hybridized carbons (Fsp3) is 0. The van der Waals surface area contributed by atoms with E-state index in [4.69, 9.17) is 11.6 Å². The lowest BCUT2D eigenvalue weighted by atomic mass is 9.99. The Labute approximate surface area is 154 Å². The van der Waals surface area contributed by atoms with Gasteiger partial charge in [-0.15, -0.1) is 0 Å². The lowest BCUT2D eigenvalue weighted by Crippen LogP contribution is -1.92. The Balaban J connectivity index is 2.01. The van der Waals surface area contributed by atoms with Crippen molar-refractivity contribution in [2.75, 3.05) is 0 Å². The zero-order chi connectivity index (χ0) is 18.1. The third-order valence-corrected chi connectivity index (χ3v) is 4.55. The van der Waals surface area contributed by atoms with Crippen LogP contribution in [0, 0.1) is 0 Å². The first-order valence-electron chi connectivity index (χ1n) is 8.12. The molecule has 0 unspecified atom stereocenters. The quantitative estimate of drug-likeness (QED) is 0.370. The normalized spacial score (nSPS) is 10.9. The van der Waals surface area contributed by atoms with Crippen LogP contribution >= 0.6 is 11.6 Å². The van der Waals surface area contributed by atoms with E-state index in [2.05, 4.69) is 0 Å². The third-order valence-electron chi connectivity index (χ3n) is 4.32. The number of rotatable bonds is 3. The van der Waals surface area contributed by atoms with E-state index in [0.29, 0.717) is 16.1 Å². The largest absolute Gasteiger partial charge is 0.316 e. The van der Waals surface area contributed by atoms with Gasteiger partial charge >= 0.3 is 0 Å². The minimum Gasteiger partial charge on any atom is -0.316 e. The van der Waals surface area contributed by atoms with Gasteiger partial charge in [0.2, 0.25) is 0 Å². The molecule has 0 aliphatic rings. The van der Waals surface area contributed by atoms with Crippen molar-refractivity contribution < 1.29 is 8.78 Å². The van der Waals surface area contributed by atoms with Crippen LogP contribution in [0.1, 0.15) is 11.1 Å². The van der Waals surface area contributed by atoms with Crippen LogP contribution in [-0.4, -0.2) is 4.57 Å². The minimum atomic E-state index is -1.70. The maximum atomic E-state index is 13.9. The minimum absolute atomic E-state index is 0.0532. The number of para-hydroxylation sites is 1. The Morgan fingerprint density at radius 3 is 2.27 bits per heavy atom. The maximum absolute atomic E-state index is 13.9. The summed E-state index contributed by atoms with van der Waals surface area (Å²) in [6.45, 7) is 0. The highest BCUT2D eigenvalue weighted by atomic mass is 35.5. The van der Waals surface area contributed by atoms with Gasteiger partial charge in [-0.1, -0.05) is 66.2 Å². The van der Waals surface area contributed by atoms with Crippen molar-refractivity contribution in [2.24, 2.45) is 0 Å². The van der Waals surface area contributed by atoms with Gasteiger partial charge in [-0.05, 0) is 29.8 Å². The standard InChI is InChI=1S/C22H14ClF2N/c23-16-9-6-10-17(13-16)26-14-19(18-11-4-5-12-20(18)26)21(22(24)25)15-7-2-1-3-8-15/h1-14H. The van der Waals surface area contributed by atoms with Crippen LogP contribution in [-0.2, 0) is 0 Å². The second kappa shape index (κ2) is 6.77. The number of fused-ring (bicyclic) bond motifs is 1. The fourth-order valence-corrected chi connectivity index (χ4v) is 3.37. The molecule has 0 amide bonds. The first kappa shape index (κ1) is 16.6. The lowest BCUT2D eigenvalue weighted by molar-refractivity contribution is 0.426. The van der Waals surface area contributed by atoms with E-state index in [1.54, 1.807) is 36.5 Å². The highest BCUT2D eigenvalue weighted by Gasteiger charge is 2.18. The van der Waals surface area contributed by atoms with Crippen LogP contribution in [0.5, 0.6) is 0 Å². The molecule has 26 heavy (non-hydrogen) atoms. The van der Waals surface area contributed by atoms with Crippen LogP contribution in [0.2, 0.25) is 5.02 Å². The van der Waals surface area contributed by atoms with Crippen molar-refractivity contribution in [3.05, 3.63) is 107 Å². The van der Waals surface area contributed by atoms with Gasteiger partial charge in [-0.3, -0.25) is 0 Å². The van der Waals surface area contributed by atoms with Gasteiger partial charge in [-0.2, -0.15) is 8.78 Å². The average molecular weight is 366 g/mol. The first-order valence-corrected chi connectivity index (χ1v) is 8.50. The molecule has 0 aliphatic carbocycles. The zero-order valence-electron chi connectivity index (χ0n) is 13.7. The predicted octanol–water partition coefficient (Wildman–Crippen LogP) is 6.94. The summed E-state index contributed by atoms with van der Waals surface area (Å²) < 4.78 is 29.7. The molecule has 0 atom stereocenters. The molecule has 1 nitrogen and oxygen atoms in total. The number of benzene rings is 3. The van der Waals surface area contributed by atoms with E-state index in [-0.39, 0.29) is 5.57 Å². The summed E-state index contributed by atoms with van der Waals surface area (Å²) in [5.41, 5.74) is 2.60. The van der Waals surface area contributed by atoms with Crippen LogP contribution in [0.4, 0.5) is 8.78 Å². The molecular weight excluding hydrogens is 352 g/mol. The van der Waals surface area contributed by atoms with Crippen molar-refractivity contribution in [1.82, 2.24) is 4.57 Å². The van der Waals surface area contributed by atoms with Crippen molar-refractivity contribution in [1.29, 1.82) is 0 Å². The predicted molar refractivity (Wildman–Crippen MR) is 103 cm³/mol. The van der Waals surface area contributed by atoms with E-state index < -0.39 is 6.08 Å². The Morgan fingerprint density at radius 1 is 0.808 bits per heavy atom. The summed E-state index contributed by atoms with van der Waals surface area (Å²) in [5.74, 6) is 0. The van der Waals surface area contributed by atoms with Gasteiger partial charge in [0, 0.05) is 27.9 Å². The molecule has 3 aromatic carbocycles.